The van der Waals surface area contributed by atoms with Crippen molar-refractivity contribution in [1.82, 2.24) is 9.97 Å². The Morgan fingerprint density at radius 2 is 1.94 bits per heavy atom. The Morgan fingerprint density at radius 3 is 2.61 bits per heavy atom. The molecule has 0 aliphatic heterocycles. The lowest BCUT2D eigenvalue weighted by Crippen LogP contribution is -2.12. The molecule has 0 unspecified atom stereocenters. The summed E-state index contributed by atoms with van der Waals surface area (Å²) in [5.74, 6) is 1.43. The molecule has 1 aromatic rings. The maximum absolute atomic E-state index is 5.59. The lowest BCUT2D eigenvalue weighted by molar-refractivity contribution is 0.0535. The quantitative estimate of drug-likeness (QED) is 0.667. The first-order valence-corrected chi connectivity index (χ1v) is 6.04. The molecule has 1 heterocycles. The van der Waals surface area contributed by atoms with Gasteiger partial charge in [-0.15, -0.1) is 0 Å². The van der Waals surface area contributed by atoms with Gasteiger partial charge in [0.25, 0.3) is 0 Å². The van der Waals surface area contributed by atoms with Crippen molar-refractivity contribution >= 4 is 5.82 Å². The predicted molar refractivity (Wildman–Crippen MR) is 69.1 cm³/mol. The molecule has 0 aliphatic carbocycles. The average Bonchev–Trinajstić information content (AvgIpc) is 2.42. The first-order chi connectivity index (χ1) is 8.83. The second kappa shape index (κ2) is 8.66. The molecule has 0 spiro atoms. The first-order valence-electron chi connectivity index (χ1n) is 6.04. The standard InChI is InChI=1S/C12H21N3O3/c1-4-10-11(13-2)14-9-15-12(10)18-8-7-17-6-5-16-3/h9H,4-8H2,1-3H3,(H,13,14,15). The van der Waals surface area contributed by atoms with Crippen molar-refractivity contribution in [3.05, 3.63) is 11.9 Å². The van der Waals surface area contributed by atoms with E-state index in [2.05, 4.69) is 15.3 Å². The molecule has 6 nitrogen and oxygen atoms in total. The van der Waals surface area contributed by atoms with Gasteiger partial charge >= 0.3 is 0 Å². The minimum absolute atomic E-state index is 0.469. The zero-order valence-corrected chi connectivity index (χ0v) is 11.2. The number of rotatable bonds is 9. The molecule has 0 aliphatic rings. The summed E-state index contributed by atoms with van der Waals surface area (Å²) in [6, 6.07) is 0. The summed E-state index contributed by atoms with van der Waals surface area (Å²) >= 11 is 0. The van der Waals surface area contributed by atoms with Crippen molar-refractivity contribution in [3.8, 4) is 5.88 Å². The van der Waals surface area contributed by atoms with Gasteiger partial charge in [-0.25, -0.2) is 9.97 Å². The fraction of sp³-hybridized carbons (Fsp3) is 0.667. The van der Waals surface area contributed by atoms with Crippen LogP contribution in [0.15, 0.2) is 6.33 Å². The fourth-order valence-corrected chi connectivity index (χ4v) is 1.50. The Hall–Kier alpha value is -1.40. The van der Waals surface area contributed by atoms with E-state index in [9.17, 15) is 0 Å². The van der Waals surface area contributed by atoms with Crippen molar-refractivity contribution in [3.63, 3.8) is 0 Å². The summed E-state index contributed by atoms with van der Waals surface area (Å²) in [4.78, 5) is 8.29. The number of ether oxygens (including phenoxy) is 3. The van der Waals surface area contributed by atoms with Gasteiger partial charge in [-0.3, -0.25) is 0 Å². The molecule has 0 saturated heterocycles. The van der Waals surface area contributed by atoms with Gasteiger partial charge in [0, 0.05) is 14.2 Å². The van der Waals surface area contributed by atoms with E-state index in [1.807, 2.05) is 14.0 Å². The molecule has 0 bridgehead atoms. The van der Waals surface area contributed by atoms with Gasteiger partial charge in [0.15, 0.2) is 0 Å². The molecule has 18 heavy (non-hydrogen) atoms. The number of hydrogen-bond acceptors (Lipinski definition) is 6. The Kier molecular flexibility index (Phi) is 7.05. The smallest absolute Gasteiger partial charge is 0.221 e. The predicted octanol–water partition coefficient (Wildman–Crippen LogP) is 1.12. The molecular formula is C12H21N3O3. The van der Waals surface area contributed by atoms with Crippen LogP contribution in [0.4, 0.5) is 5.82 Å². The van der Waals surface area contributed by atoms with Gasteiger partial charge in [-0.2, -0.15) is 0 Å². The Bertz CT molecular complexity index is 347. The summed E-state index contributed by atoms with van der Waals surface area (Å²) < 4.78 is 15.8. The number of hydrogen-bond donors (Lipinski definition) is 1. The molecule has 1 N–H and O–H groups in total. The third-order valence-corrected chi connectivity index (χ3v) is 2.39. The number of nitrogens with zero attached hydrogens (tertiary/aromatic N) is 2. The molecule has 0 saturated carbocycles. The maximum Gasteiger partial charge on any atom is 0.221 e. The molecule has 6 heteroatoms. The van der Waals surface area contributed by atoms with E-state index in [1.54, 1.807) is 7.11 Å². The van der Waals surface area contributed by atoms with E-state index in [0.29, 0.717) is 32.3 Å². The van der Waals surface area contributed by atoms with Crippen LogP contribution in [0.2, 0.25) is 0 Å². The highest BCUT2D eigenvalue weighted by Crippen LogP contribution is 2.21. The van der Waals surface area contributed by atoms with Crippen molar-refractivity contribution in [2.45, 2.75) is 13.3 Å². The van der Waals surface area contributed by atoms with Crippen LogP contribution in [0.3, 0.4) is 0 Å². The lowest BCUT2D eigenvalue weighted by atomic mass is 10.2. The van der Waals surface area contributed by atoms with E-state index in [4.69, 9.17) is 14.2 Å². The zero-order valence-electron chi connectivity index (χ0n) is 11.2. The third kappa shape index (κ3) is 4.46. The molecule has 0 fully saturated rings. The number of nitrogens with one attached hydrogen (secondary N) is 1. The van der Waals surface area contributed by atoms with Gasteiger partial charge in [-0.05, 0) is 6.42 Å². The van der Waals surface area contributed by atoms with E-state index in [1.165, 1.54) is 6.33 Å². The highest BCUT2D eigenvalue weighted by molar-refractivity contribution is 5.48. The second-order valence-electron chi connectivity index (χ2n) is 3.56. The maximum atomic E-state index is 5.59. The van der Waals surface area contributed by atoms with E-state index >= 15 is 0 Å². The van der Waals surface area contributed by atoms with Gasteiger partial charge in [0.1, 0.15) is 18.8 Å². The van der Waals surface area contributed by atoms with Gasteiger partial charge < -0.3 is 19.5 Å². The topological polar surface area (TPSA) is 65.5 Å². The van der Waals surface area contributed by atoms with Gasteiger partial charge in [0.2, 0.25) is 5.88 Å². The van der Waals surface area contributed by atoms with E-state index < -0.39 is 0 Å². The van der Waals surface area contributed by atoms with Crippen LogP contribution in [0, 0.1) is 0 Å². The van der Waals surface area contributed by atoms with Gasteiger partial charge in [0.05, 0.1) is 25.4 Å². The Labute approximate surface area is 108 Å². The largest absolute Gasteiger partial charge is 0.475 e. The van der Waals surface area contributed by atoms with Crippen molar-refractivity contribution in [2.24, 2.45) is 0 Å². The van der Waals surface area contributed by atoms with E-state index in [0.717, 1.165) is 17.8 Å². The molecule has 0 radical (unpaired) electrons. The van der Waals surface area contributed by atoms with Crippen LogP contribution in [0.25, 0.3) is 0 Å². The van der Waals surface area contributed by atoms with Crippen molar-refractivity contribution in [1.29, 1.82) is 0 Å². The molecule has 1 aromatic heterocycles. The minimum Gasteiger partial charge on any atom is -0.475 e. The number of aromatic nitrogens is 2. The van der Waals surface area contributed by atoms with Gasteiger partial charge in [-0.1, -0.05) is 6.92 Å². The van der Waals surface area contributed by atoms with Crippen LogP contribution in [-0.2, 0) is 15.9 Å². The van der Waals surface area contributed by atoms with Crippen molar-refractivity contribution < 1.29 is 14.2 Å². The highest BCUT2D eigenvalue weighted by atomic mass is 16.5. The average molecular weight is 255 g/mol. The molecule has 0 aromatic carbocycles. The molecule has 0 atom stereocenters. The van der Waals surface area contributed by atoms with Crippen LogP contribution >= 0.6 is 0 Å². The summed E-state index contributed by atoms with van der Waals surface area (Å²) in [5.41, 5.74) is 0.983. The summed E-state index contributed by atoms with van der Waals surface area (Å²) in [7, 11) is 3.48. The minimum atomic E-state index is 0.469. The summed E-state index contributed by atoms with van der Waals surface area (Å²) in [5, 5.41) is 3.03. The SMILES string of the molecule is CCc1c(NC)ncnc1OCCOCCOC. The van der Waals surface area contributed by atoms with Crippen LogP contribution in [-0.4, -0.2) is 50.6 Å². The fourth-order valence-electron chi connectivity index (χ4n) is 1.50. The van der Waals surface area contributed by atoms with E-state index in [-0.39, 0.29) is 0 Å². The second-order valence-corrected chi connectivity index (χ2v) is 3.56. The van der Waals surface area contributed by atoms with Crippen molar-refractivity contribution in [2.75, 3.05) is 45.9 Å². The number of methoxy groups -OCH3 is 1. The Balaban J connectivity index is 2.41. The zero-order chi connectivity index (χ0) is 13.2. The van der Waals surface area contributed by atoms with Crippen LogP contribution < -0.4 is 10.1 Å². The third-order valence-electron chi connectivity index (χ3n) is 2.39. The molecule has 102 valence electrons. The first kappa shape index (κ1) is 14.7. The lowest BCUT2D eigenvalue weighted by Gasteiger charge is -2.12. The monoisotopic (exact) mass is 255 g/mol. The summed E-state index contributed by atoms with van der Waals surface area (Å²) in [6.45, 7) is 4.20. The van der Waals surface area contributed by atoms with Crippen LogP contribution in [0.5, 0.6) is 5.88 Å². The summed E-state index contributed by atoms with van der Waals surface area (Å²) in [6.07, 6.45) is 2.31. The normalized spacial score (nSPS) is 10.4. The number of anilines is 1. The molecule has 0 amide bonds. The Morgan fingerprint density at radius 1 is 1.17 bits per heavy atom. The molecule has 1 rings (SSSR count). The highest BCUT2D eigenvalue weighted by Gasteiger charge is 2.09. The van der Waals surface area contributed by atoms with Crippen LogP contribution in [0.1, 0.15) is 12.5 Å². The molecular weight excluding hydrogens is 234 g/mol.